The van der Waals surface area contributed by atoms with E-state index in [0.717, 1.165) is 11.8 Å². The average molecular weight is 160 g/mol. The molecule has 0 heterocycles. The van der Waals surface area contributed by atoms with Gasteiger partial charge in [0, 0.05) is 5.92 Å². The van der Waals surface area contributed by atoms with Crippen LogP contribution in [-0.4, -0.2) is 0 Å². The molecular formula is C12H16. The highest BCUT2D eigenvalue weighted by Crippen LogP contribution is 2.33. The fourth-order valence-electron chi connectivity index (χ4n) is 2.13. The number of hydrogen-bond donors (Lipinski definition) is 0. The normalized spacial score (nSPS) is 38.2. The van der Waals surface area contributed by atoms with Crippen molar-refractivity contribution in [3.05, 3.63) is 36.5 Å². The van der Waals surface area contributed by atoms with Crippen molar-refractivity contribution in [3.63, 3.8) is 0 Å². The van der Waals surface area contributed by atoms with Crippen molar-refractivity contribution in [2.24, 2.45) is 17.8 Å². The van der Waals surface area contributed by atoms with Gasteiger partial charge >= 0.3 is 0 Å². The molecular weight excluding hydrogens is 144 g/mol. The molecule has 0 aliphatic heterocycles. The Morgan fingerprint density at radius 1 is 1.08 bits per heavy atom. The molecule has 3 atom stereocenters. The van der Waals surface area contributed by atoms with Gasteiger partial charge in [0.15, 0.2) is 0 Å². The van der Waals surface area contributed by atoms with Gasteiger partial charge in [0.25, 0.3) is 0 Å². The SMILES string of the molecule is CCC1C=CC2C=CC=CC2C1. The van der Waals surface area contributed by atoms with Gasteiger partial charge in [0.05, 0.1) is 0 Å². The van der Waals surface area contributed by atoms with Gasteiger partial charge in [0.2, 0.25) is 0 Å². The molecule has 64 valence electrons. The van der Waals surface area contributed by atoms with Crippen molar-refractivity contribution < 1.29 is 0 Å². The molecule has 0 spiro atoms. The third-order valence-electron chi connectivity index (χ3n) is 3.00. The van der Waals surface area contributed by atoms with Crippen LogP contribution in [0.3, 0.4) is 0 Å². The van der Waals surface area contributed by atoms with Gasteiger partial charge in [-0.1, -0.05) is 43.4 Å². The van der Waals surface area contributed by atoms with Crippen molar-refractivity contribution in [1.82, 2.24) is 0 Å². The van der Waals surface area contributed by atoms with Crippen molar-refractivity contribution >= 4 is 0 Å². The molecule has 0 nitrogen and oxygen atoms in total. The van der Waals surface area contributed by atoms with Crippen molar-refractivity contribution in [2.75, 3.05) is 0 Å². The van der Waals surface area contributed by atoms with E-state index in [1.54, 1.807) is 0 Å². The Bertz CT molecular complexity index is 232. The number of rotatable bonds is 1. The van der Waals surface area contributed by atoms with E-state index in [-0.39, 0.29) is 0 Å². The van der Waals surface area contributed by atoms with E-state index in [1.165, 1.54) is 12.8 Å². The lowest BCUT2D eigenvalue weighted by Crippen LogP contribution is -2.18. The van der Waals surface area contributed by atoms with E-state index in [4.69, 9.17) is 0 Å². The molecule has 0 fully saturated rings. The lowest BCUT2D eigenvalue weighted by molar-refractivity contribution is 0.400. The number of hydrogen-bond acceptors (Lipinski definition) is 0. The van der Waals surface area contributed by atoms with E-state index in [1.807, 2.05) is 0 Å². The minimum absolute atomic E-state index is 0.692. The summed E-state index contributed by atoms with van der Waals surface area (Å²) >= 11 is 0. The molecule has 0 aromatic rings. The van der Waals surface area contributed by atoms with Crippen LogP contribution in [0.1, 0.15) is 19.8 Å². The minimum Gasteiger partial charge on any atom is -0.0848 e. The molecule has 0 saturated heterocycles. The first-order valence-corrected chi connectivity index (χ1v) is 4.93. The molecule has 0 saturated carbocycles. The predicted molar refractivity (Wildman–Crippen MR) is 52.8 cm³/mol. The molecule has 12 heavy (non-hydrogen) atoms. The molecule has 0 heteroatoms. The standard InChI is InChI=1S/C12H16/c1-2-10-7-8-11-5-3-4-6-12(11)9-10/h3-8,10-12H,2,9H2,1H3. The summed E-state index contributed by atoms with van der Waals surface area (Å²) in [5, 5.41) is 0. The third-order valence-corrected chi connectivity index (χ3v) is 3.00. The summed E-state index contributed by atoms with van der Waals surface area (Å²) in [4.78, 5) is 0. The molecule has 2 rings (SSSR count). The van der Waals surface area contributed by atoms with E-state index < -0.39 is 0 Å². The highest BCUT2D eigenvalue weighted by molar-refractivity contribution is 5.21. The zero-order valence-electron chi connectivity index (χ0n) is 7.61. The molecule has 0 aromatic carbocycles. The van der Waals surface area contributed by atoms with Gasteiger partial charge in [-0.2, -0.15) is 0 Å². The van der Waals surface area contributed by atoms with Crippen molar-refractivity contribution in [3.8, 4) is 0 Å². The zero-order valence-corrected chi connectivity index (χ0v) is 7.61. The zero-order chi connectivity index (χ0) is 8.39. The molecule has 0 aromatic heterocycles. The van der Waals surface area contributed by atoms with E-state index >= 15 is 0 Å². The molecule has 3 unspecified atom stereocenters. The Labute approximate surface area is 74.7 Å². The van der Waals surface area contributed by atoms with Gasteiger partial charge in [-0.05, 0) is 24.7 Å². The highest BCUT2D eigenvalue weighted by Gasteiger charge is 2.22. The second-order valence-electron chi connectivity index (χ2n) is 3.80. The summed E-state index contributed by atoms with van der Waals surface area (Å²) in [7, 11) is 0. The van der Waals surface area contributed by atoms with Crippen LogP contribution in [0, 0.1) is 17.8 Å². The topological polar surface area (TPSA) is 0 Å². The number of allylic oxidation sites excluding steroid dienone is 6. The second kappa shape index (κ2) is 3.30. The van der Waals surface area contributed by atoms with Crippen LogP contribution in [-0.2, 0) is 0 Å². The summed E-state index contributed by atoms with van der Waals surface area (Å²) in [6, 6.07) is 0. The van der Waals surface area contributed by atoms with Gasteiger partial charge in [-0.25, -0.2) is 0 Å². The Morgan fingerprint density at radius 3 is 2.75 bits per heavy atom. The fraction of sp³-hybridized carbons (Fsp3) is 0.500. The third kappa shape index (κ3) is 1.38. The van der Waals surface area contributed by atoms with Gasteiger partial charge in [-0.3, -0.25) is 0 Å². The first-order valence-electron chi connectivity index (χ1n) is 4.93. The van der Waals surface area contributed by atoms with Crippen molar-refractivity contribution in [2.45, 2.75) is 19.8 Å². The summed E-state index contributed by atoms with van der Waals surface area (Å²) in [5.74, 6) is 2.30. The summed E-state index contributed by atoms with van der Waals surface area (Å²) in [5.41, 5.74) is 0. The Morgan fingerprint density at radius 2 is 1.92 bits per heavy atom. The van der Waals surface area contributed by atoms with Crippen LogP contribution in [0.2, 0.25) is 0 Å². The van der Waals surface area contributed by atoms with Crippen LogP contribution in [0.25, 0.3) is 0 Å². The largest absolute Gasteiger partial charge is 0.0848 e. The Hall–Kier alpha value is -0.780. The van der Waals surface area contributed by atoms with Gasteiger partial charge in [0.1, 0.15) is 0 Å². The van der Waals surface area contributed by atoms with E-state index in [0.29, 0.717) is 5.92 Å². The van der Waals surface area contributed by atoms with Gasteiger partial charge < -0.3 is 0 Å². The smallest absolute Gasteiger partial charge is 0.00129 e. The first-order chi connectivity index (χ1) is 5.90. The fourth-order valence-corrected chi connectivity index (χ4v) is 2.13. The molecule has 0 amide bonds. The van der Waals surface area contributed by atoms with Crippen LogP contribution in [0.15, 0.2) is 36.5 Å². The second-order valence-corrected chi connectivity index (χ2v) is 3.80. The molecule has 2 aliphatic carbocycles. The lowest BCUT2D eigenvalue weighted by Gasteiger charge is -2.28. The maximum atomic E-state index is 2.39. The summed E-state index contributed by atoms with van der Waals surface area (Å²) in [6.07, 6.45) is 16.4. The first kappa shape index (κ1) is 7.85. The Kier molecular flexibility index (Phi) is 2.16. The summed E-state index contributed by atoms with van der Waals surface area (Å²) in [6.45, 7) is 2.28. The minimum atomic E-state index is 0.692. The molecule has 0 radical (unpaired) electrons. The molecule has 0 bridgehead atoms. The van der Waals surface area contributed by atoms with Crippen LogP contribution >= 0.6 is 0 Å². The predicted octanol–water partition coefficient (Wildman–Crippen LogP) is 3.33. The van der Waals surface area contributed by atoms with E-state index in [9.17, 15) is 0 Å². The highest BCUT2D eigenvalue weighted by atomic mass is 14.3. The molecule has 2 aliphatic rings. The van der Waals surface area contributed by atoms with Crippen LogP contribution in [0.5, 0.6) is 0 Å². The lowest BCUT2D eigenvalue weighted by atomic mass is 9.76. The van der Waals surface area contributed by atoms with Crippen LogP contribution in [0.4, 0.5) is 0 Å². The maximum Gasteiger partial charge on any atom is 0.00129 e. The van der Waals surface area contributed by atoms with Gasteiger partial charge in [-0.15, -0.1) is 0 Å². The van der Waals surface area contributed by atoms with E-state index in [2.05, 4.69) is 43.4 Å². The maximum absolute atomic E-state index is 2.39. The quantitative estimate of drug-likeness (QED) is 0.516. The monoisotopic (exact) mass is 160 g/mol. The average Bonchev–Trinajstić information content (AvgIpc) is 2.17. The van der Waals surface area contributed by atoms with Crippen LogP contribution < -0.4 is 0 Å². The Balaban J connectivity index is 2.13. The van der Waals surface area contributed by atoms with Crippen molar-refractivity contribution in [1.29, 1.82) is 0 Å². The number of fused-ring (bicyclic) bond motifs is 1. The molecule has 0 N–H and O–H groups in total. The summed E-state index contributed by atoms with van der Waals surface area (Å²) < 4.78 is 0.